The number of aliphatic hydroxyl groups excluding tert-OH is 1. The molecule has 1 aromatic rings. The lowest BCUT2D eigenvalue weighted by Crippen LogP contribution is -2.05. The van der Waals surface area contributed by atoms with Crippen molar-refractivity contribution < 1.29 is 19.4 Å². The first kappa shape index (κ1) is 19.5. The monoisotopic (exact) mass is 364 g/mol. The third-order valence-electron chi connectivity index (χ3n) is 4.40. The summed E-state index contributed by atoms with van der Waals surface area (Å²) < 4.78 is 4.61. The number of allylic oxidation sites excluding steroid dienone is 1. The number of ketones is 1. The predicted octanol–water partition coefficient (Wildman–Crippen LogP) is 4.94. The van der Waals surface area contributed by atoms with Crippen molar-refractivity contribution in [3.63, 3.8) is 0 Å². The van der Waals surface area contributed by atoms with Crippen LogP contribution in [0.15, 0.2) is 35.6 Å². The number of halogens is 1. The van der Waals surface area contributed by atoms with E-state index in [0.717, 1.165) is 30.7 Å². The van der Waals surface area contributed by atoms with E-state index in [9.17, 15) is 14.7 Å². The van der Waals surface area contributed by atoms with Crippen molar-refractivity contribution in [2.24, 2.45) is 0 Å². The molecule has 4 nitrogen and oxygen atoms in total. The Hall–Kier alpha value is -1.81. The van der Waals surface area contributed by atoms with Gasteiger partial charge in [0.05, 0.1) is 0 Å². The zero-order valence-corrected chi connectivity index (χ0v) is 15.2. The summed E-state index contributed by atoms with van der Waals surface area (Å²) in [6.07, 6.45) is 9.07. The molecule has 0 saturated carbocycles. The average molecular weight is 365 g/mol. The molecular weight excluding hydrogens is 340 g/mol. The Morgan fingerprint density at radius 3 is 2.16 bits per heavy atom. The van der Waals surface area contributed by atoms with E-state index in [1.807, 2.05) is 12.1 Å². The Labute approximate surface area is 153 Å². The van der Waals surface area contributed by atoms with E-state index in [-0.39, 0.29) is 17.9 Å². The van der Waals surface area contributed by atoms with E-state index in [2.05, 4.69) is 16.9 Å². The van der Waals surface area contributed by atoms with Crippen molar-refractivity contribution in [1.82, 2.24) is 0 Å². The number of unbranched alkanes of at least 4 members (excludes halogenated alkanes) is 6. The van der Waals surface area contributed by atoms with Crippen LogP contribution >= 0.6 is 11.6 Å². The minimum atomic E-state index is -0.691. The van der Waals surface area contributed by atoms with Crippen molar-refractivity contribution in [1.29, 1.82) is 0 Å². The standard InChI is InChI=1S/C20H25ClO4/c21-16-12-10-15(11-13-16)8-6-4-2-1-3-5-7-9-17(22)19-18(23)14-25-20(19)24/h10-13,22H,1-9,14H2. The SMILES string of the molecule is O=C1COC(=O)C1=C(O)CCCCCCCCCc1ccc(Cl)cc1. The van der Waals surface area contributed by atoms with Gasteiger partial charge in [-0.05, 0) is 37.0 Å². The molecule has 0 amide bonds. The topological polar surface area (TPSA) is 63.6 Å². The molecule has 0 aliphatic carbocycles. The maximum atomic E-state index is 11.4. The number of rotatable bonds is 10. The van der Waals surface area contributed by atoms with Gasteiger partial charge in [0, 0.05) is 11.4 Å². The highest BCUT2D eigenvalue weighted by atomic mass is 35.5. The number of hydrogen-bond acceptors (Lipinski definition) is 4. The van der Waals surface area contributed by atoms with E-state index in [1.54, 1.807) is 0 Å². The molecule has 2 rings (SSSR count). The molecule has 1 saturated heterocycles. The second-order valence-corrected chi connectivity index (χ2v) is 6.86. The van der Waals surface area contributed by atoms with Crippen molar-refractivity contribution in [3.05, 3.63) is 46.2 Å². The summed E-state index contributed by atoms with van der Waals surface area (Å²) in [6, 6.07) is 8.02. The van der Waals surface area contributed by atoms with Crippen LogP contribution in [0.5, 0.6) is 0 Å². The van der Waals surface area contributed by atoms with Gasteiger partial charge < -0.3 is 9.84 Å². The van der Waals surface area contributed by atoms with Gasteiger partial charge in [-0.15, -0.1) is 0 Å². The summed E-state index contributed by atoms with van der Waals surface area (Å²) in [7, 11) is 0. The van der Waals surface area contributed by atoms with Gasteiger partial charge >= 0.3 is 5.97 Å². The van der Waals surface area contributed by atoms with Crippen LogP contribution in [0.25, 0.3) is 0 Å². The molecule has 0 radical (unpaired) electrons. The van der Waals surface area contributed by atoms with Gasteiger partial charge in [-0.2, -0.15) is 0 Å². The van der Waals surface area contributed by atoms with Crippen molar-refractivity contribution >= 4 is 23.4 Å². The van der Waals surface area contributed by atoms with Gasteiger partial charge in [-0.1, -0.05) is 55.8 Å². The van der Waals surface area contributed by atoms with Crippen LogP contribution in [-0.2, 0) is 20.7 Å². The van der Waals surface area contributed by atoms with Crippen molar-refractivity contribution in [3.8, 4) is 0 Å². The molecule has 0 aromatic heterocycles. The Kier molecular flexibility index (Phi) is 7.99. The van der Waals surface area contributed by atoms with Gasteiger partial charge in [-0.3, -0.25) is 4.79 Å². The molecule has 1 heterocycles. The lowest BCUT2D eigenvalue weighted by atomic mass is 10.0. The van der Waals surface area contributed by atoms with Gasteiger partial charge in [0.2, 0.25) is 5.78 Å². The third-order valence-corrected chi connectivity index (χ3v) is 4.65. The van der Waals surface area contributed by atoms with Crippen molar-refractivity contribution in [2.75, 3.05) is 6.61 Å². The second kappa shape index (κ2) is 10.2. The molecule has 1 aliphatic heterocycles. The first-order chi connectivity index (χ1) is 12.1. The number of benzene rings is 1. The van der Waals surface area contributed by atoms with Crippen LogP contribution in [0, 0.1) is 0 Å². The first-order valence-corrected chi connectivity index (χ1v) is 9.32. The second-order valence-electron chi connectivity index (χ2n) is 6.42. The number of Topliss-reactive ketones (excluding diaryl/α,β-unsaturated/α-hetero) is 1. The number of cyclic esters (lactones) is 1. The molecule has 1 N–H and O–H groups in total. The van der Waals surface area contributed by atoms with Crippen molar-refractivity contribution in [2.45, 2.75) is 57.8 Å². The summed E-state index contributed by atoms with van der Waals surface area (Å²) in [6.45, 7) is -0.242. The number of aryl methyl sites for hydroxylation is 1. The summed E-state index contributed by atoms with van der Waals surface area (Å²) >= 11 is 5.87. The lowest BCUT2D eigenvalue weighted by Gasteiger charge is -2.04. The fourth-order valence-corrected chi connectivity index (χ4v) is 3.08. The molecule has 0 spiro atoms. The molecule has 0 unspecified atom stereocenters. The largest absolute Gasteiger partial charge is 0.511 e. The maximum absolute atomic E-state index is 11.4. The fourth-order valence-electron chi connectivity index (χ4n) is 2.95. The van der Waals surface area contributed by atoms with Crippen LogP contribution in [0.3, 0.4) is 0 Å². The van der Waals surface area contributed by atoms with Gasteiger partial charge in [-0.25, -0.2) is 4.79 Å². The van der Waals surface area contributed by atoms with E-state index >= 15 is 0 Å². The maximum Gasteiger partial charge on any atom is 0.345 e. The smallest absolute Gasteiger partial charge is 0.345 e. The van der Waals surface area contributed by atoms with Gasteiger partial charge in [0.15, 0.2) is 6.61 Å². The quantitative estimate of drug-likeness (QED) is 0.210. The minimum Gasteiger partial charge on any atom is -0.511 e. The highest BCUT2D eigenvalue weighted by Gasteiger charge is 2.31. The number of ether oxygens (including phenoxy) is 1. The molecule has 25 heavy (non-hydrogen) atoms. The normalized spacial score (nSPS) is 16.2. The summed E-state index contributed by atoms with van der Waals surface area (Å²) in [4.78, 5) is 22.7. The number of hydrogen-bond donors (Lipinski definition) is 1. The predicted molar refractivity (Wildman–Crippen MR) is 97.7 cm³/mol. The van der Waals surface area contributed by atoms with Crippen LogP contribution in [0.1, 0.15) is 56.9 Å². The first-order valence-electron chi connectivity index (χ1n) is 8.95. The fraction of sp³-hybridized carbons (Fsp3) is 0.500. The molecule has 1 aliphatic rings. The van der Waals surface area contributed by atoms with E-state index < -0.39 is 11.8 Å². The van der Waals surface area contributed by atoms with E-state index in [1.165, 1.54) is 31.2 Å². The van der Waals surface area contributed by atoms with Crippen LogP contribution < -0.4 is 0 Å². The minimum absolute atomic E-state index is 0.115. The summed E-state index contributed by atoms with van der Waals surface area (Å²) in [5.74, 6) is -1.22. The molecular formula is C20H25ClO4. The van der Waals surface area contributed by atoms with E-state index in [4.69, 9.17) is 11.6 Å². The Morgan fingerprint density at radius 1 is 0.960 bits per heavy atom. The third kappa shape index (κ3) is 6.54. The highest BCUT2D eigenvalue weighted by molar-refractivity contribution is 6.30. The van der Waals surface area contributed by atoms with E-state index in [0.29, 0.717) is 6.42 Å². The number of esters is 1. The molecule has 0 bridgehead atoms. The number of carbonyl (C=O) groups excluding carboxylic acids is 2. The Morgan fingerprint density at radius 2 is 1.56 bits per heavy atom. The summed E-state index contributed by atoms with van der Waals surface area (Å²) in [5.41, 5.74) is 1.18. The lowest BCUT2D eigenvalue weighted by molar-refractivity contribution is -0.135. The van der Waals surface area contributed by atoms with Gasteiger partial charge in [0.1, 0.15) is 11.3 Å². The Bertz CT molecular complexity index is 601. The molecule has 136 valence electrons. The van der Waals surface area contributed by atoms with Crippen LogP contribution in [-0.4, -0.2) is 23.5 Å². The molecule has 1 aromatic carbocycles. The zero-order valence-electron chi connectivity index (χ0n) is 14.4. The molecule has 1 fully saturated rings. The number of aliphatic hydroxyl groups is 1. The van der Waals surface area contributed by atoms with Crippen LogP contribution in [0.2, 0.25) is 5.02 Å². The average Bonchev–Trinajstić information content (AvgIpc) is 2.93. The molecule has 5 heteroatoms. The highest BCUT2D eigenvalue weighted by Crippen LogP contribution is 2.19. The van der Waals surface area contributed by atoms with Gasteiger partial charge in [0.25, 0.3) is 0 Å². The summed E-state index contributed by atoms with van der Waals surface area (Å²) in [5, 5.41) is 10.6. The van der Waals surface area contributed by atoms with Crippen LogP contribution in [0.4, 0.5) is 0 Å². The zero-order chi connectivity index (χ0) is 18.1. The molecule has 0 atom stereocenters. The Balaban J connectivity index is 1.49. The number of carbonyl (C=O) groups is 2.